The molecule has 2 aromatic carbocycles. The lowest BCUT2D eigenvalue weighted by atomic mass is 9.78. The Labute approximate surface area is 196 Å². The van der Waals surface area contributed by atoms with Gasteiger partial charge in [0.1, 0.15) is 0 Å². The van der Waals surface area contributed by atoms with Crippen LogP contribution in [0.4, 0.5) is 0 Å². The van der Waals surface area contributed by atoms with Gasteiger partial charge in [0.15, 0.2) is 0 Å². The monoisotopic (exact) mass is 439 g/mol. The first-order chi connectivity index (χ1) is 16.0. The molecule has 0 aliphatic carbocycles. The highest BCUT2D eigenvalue weighted by Gasteiger charge is 2.45. The Morgan fingerprint density at radius 3 is 2.30 bits per heavy atom. The molecule has 0 spiro atoms. The van der Waals surface area contributed by atoms with Crippen LogP contribution in [0.25, 0.3) is 5.70 Å². The predicted molar refractivity (Wildman–Crippen MR) is 135 cm³/mol. The van der Waals surface area contributed by atoms with Crippen molar-refractivity contribution in [3.05, 3.63) is 105 Å². The molecule has 170 valence electrons. The highest BCUT2D eigenvalue weighted by Crippen LogP contribution is 2.48. The van der Waals surface area contributed by atoms with Crippen molar-refractivity contribution in [1.82, 2.24) is 14.7 Å². The molecule has 0 N–H and O–H groups in total. The summed E-state index contributed by atoms with van der Waals surface area (Å²) in [6, 6.07) is 18.4. The van der Waals surface area contributed by atoms with E-state index in [1.54, 1.807) is 0 Å². The molecule has 33 heavy (non-hydrogen) atoms. The molecular weight excluding hydrogens is 406 g/mol. The molecule has 0 saturated carbocycles. The van der Waals surface area contributed by atoms with Gasteiger partial charge < -0.3 is 4.90 Å². The number of hydrogen-bond donors (Lipinski definition) is 0. The third kappa shape index (κ3) is 3.62. The molecule has 1 saturated heterocycles. The van der Waals surface area contributed by atoms with E-state index in [9.17, 15) is 4.79 Å². The van der Waals surface area contributed by atoms with Gasteiger partial charge in [-0.25, -0.2) is 0 Å². The first kappa shape index (κ1) is 21.7. The van der Waals surface area contributed by atoms with Crippen LogP contribution in [-0.2, 0) is 12.8 Å². The number of aryl methyl sites for hydroxylation is 2. The van der Waals surface area contributed by atoms with Crippen LogP contribution in [-0.4, -0.2) is 27.3 Å². The van der Waals surface area contributed by atoms with E-state index in [0.717, 1.165) is 49.2 Å². The maximum atomic E-state index is 12.6. The third-order valence-electron chi connectivity index (χ3n) is 7.63. The zero-order valence-electron chi connectivity index (χ0n) is 19.9. The smallest absolute Gasteiger partial charge is 0.203 e. The van der Waals surface area contributed by atoms with Crippen molar-refractivity contribution in [2.24, 2.45) is 0 Å². The van der Waals surface area contributed by atoms with Gasteiger partial charge in [-0.1, -0.05) is 69.0 Å². The lowest BCUT2D eigenvalue weighted by molar-refractivity contribution is 0.204. The van der Waals surface area contributed by atoms with Crippen molar-refractivity contribution in [3.63, 3.8) is 0 Å². The van der Waals surface area contributed by atoms with Crippen LogP contribution in [0.1, 0.15) is 72.2 Å². The minimum atomic E-state index is -0.0173. The number of fused-ring (bicyclic) bond motifs is 2. The fraction of sp³-hybridized carbons (Fsp3) is 0.379. The highest BCUT2D eigenvalue weighted by atomic mass is 16.1. The van der Waals surface area contributed by atoms with E-state index in [1.165, 1.54) is 28.5 Å². The molecule has 2 atom stereocenters. The number of rotatable bonds is 5. The number of nitrogens with zero attached hydrogens (tertiary/aromatic N) is 3. The minimum absolute atomic E-state index is 0.0173. The van der Waals surface area contributed by atoms with Crippen molar-refractivity contribution < 1.29 is 0 Å². The van der Waals surface area contributed by atoms with Crippen molar-refractivity contribution >= 4 is 5.70 Å². The van der Waals surface area contributed by atoms with Crippen molar-refractivity contribution in [3.8, 4) is 0 Å². The second-order valence-corrected chi connectivity index (χ2v) is 9.44. The Balaban J connectivity index is 1.78. The van der Waals surface area contributed by atoms with E-state index in [2.05, 4.69) is 78.5 Å². The Hall–Kier alpha value is -3.14. The molecule has 0 bridgehead atoms. The summed E-state index contributed by atoms with van der Waals surface area (Å²) in [5.74, 6) is 0.134. The zero-order chi connectivity index (χ0) is 23.1. The first-order valence-corrected chi connectivity index (χ1v) is 12.3. The molecule has 4 heteroatoms. The Morgan fingerprint density at radius 2 is 1.70 bits per heavy atom. The van der Waals surface area contributed by atoms with E-state index in [-0.39, 0.29) is 17.4 Å². The summed E-state index contributed by atoms with van der Waals surface area (Å²) in [5, 5.41) is 4.75. The summed E-state index contributed by atoms with van der Waals surface area (Å²) in [6.07, 6.45) is 5.74. The van der Waals surface area contributed by atoms with Gasteiger partial charge in [-0.15, -0.1) is 0 Å². The summed E-state index contributed by atoms with van der Waals surface area (Å²) in [4.78, 5) is 15.0. The molecule has 3 heterocycles. The highest BCUT2D eigenvalue weighted by molar-refractivity contribution is 5.64. The maximum Gasteiger partial charge on any atom is 0.203 e. The number of hydrogen-bond acceptors (Lipinski definition) is 3. The summed E-state index contributed by atoms with van der Waals surface area (Å²) >= 11 is 0. The second kappa shape index (κ2) is 8.66. The van der Waals surface area contributed by atoms with E-state index in [1.807, 2.05) is 6.92 Å². The quantitative estimate of drug-likeness (QED) is 0.527. The van der Waals surface area contributed by atoms with Gasteiger partial charge in [-0.3, -0.25) is 9.48 Å². The van der Waals surface area contributed by atoms with E-state index in [0.29, 0.717) is 6.04 Å². The molecule has 2 unspecified atom stereocenters. The third-order valence-corrected chi connectivity index (χ3v) is 7.63. The lowest BCUT2D eigenvalue weighted by Crippen LogP contribution is -2.46. The van der Waals surface area contributed by atoms with Gasteiger partial charge in [0.05, 0.1) is 29.7 Å². The minimum Gasteiger partial charge on any atom is -0.365 e. The molecule has 1 aromatic heterocycles. The molecule has 2 aliphatic rings. The van der Waals surface area contributed by atoms with E-state index in [4.69, 9.17) is 5.10 Å². The summed E-state index contributed by atoms with van der Waals surface area (Å²) in [7, 11) is 0. The summed E-state index contributed by atoms with van der Waals surface area (Å²) < 4.78 is 2.13. The SMILES string of the molecule is C=C1c2c(C)c(=O)cnn2C(C(c2cccc(CC)c2)c2cccc(CC)c2)C2CCCN12. The van der Waals surface area contributed by atoms with Crippen LogP contribution >= 0.6 is 0 Å². The average molecular weight is 440 g/mol. The zero-order valence-corrected chi connectivity index (χ0v) is 19.9. The van der Waals surface area contributed by atoms with E-state index >= 15 is 0 Å². The molecule has 1 fully saturated rings. The second-order valence-electron chi connectivity index (χ2n) is 9.44. The average Bonchev–Trinajstić information content (AvgIpc) is 3.34. The van der Waals surface area contributed by atoms with Crippen LogP contribution in [0, 0.1) is 6.92 Å². The first-order valence-electron chi connectivity index (χ1n) is 12.3. The van der Waals surface area contributed by atoms with Gasteiger partial charge in [-0.2, -0.15) is 5.10 Å². The topological polar surface area (TPSA) is 38.1 Å². The Morgan fingerprint density at radius 1 is 1.06 bits per heavy atom. The van der Waals surface area contributed by atoms with E-state index < -0.39 is 0 Å². The van der Waals surface area contributed by atoms with Crippen LogP contribution in [0.2, 0.25) is 0 Å². The van der Waals surface area contributed by atoms with Crippen molar-refractivity contribution in [1.29, 1.82) is 0 Å². The van der Waals surface area contributed by atoms with Crippen LogP contribution < -0.4 is 5.43 Å². The largest absolute Gasteiger partial charge is 0.365 e. The maximum absolute atomic E-state index is 12.6. The lowest BCUT2D eigenvalue weighted by Gasteiger charge is -2.45. The summed E-state index contributed by atoms with van der Waals surface area (Å²) in [6.45, 7) is 11.7. The van der Waals surface area contributed by atoms with Crippen LogP contribution in [0.3, 0.4) is 0 Å². The normalized spacial score (nSPS) is 19.6. The summed E-state index contributed by atoms with van der Waals surface area (Å²) in [5.41, 5.74) is 7.89. The Kier molecular flexibility index (Phi) is 5.69. The number of aromatic nitrogens is 2. The Bertz CT molecular complexity index is 1210. The van der Waals surface area contributed by atoms with Gasteiger partial charge >= 0.3 is 0 Å². The van der Waals surface area contributed by atoms with Gasteiger partial charge in [0.2, 0.25) is 5.43 Å². The molecule has 0 amide bonds. The van der Waals surface area contributed by atoms with Crippen molar-refractivity contribution in [2.45, 2.75) is 64.5 Å². The van der Waals surface area contributed by atoms with Crippen molar-refractivity contribution in [2.75, 3.05) is 6.54 Å². The number of benzene rings is 2. The van der Waals surface area contributed by atoms with Gasteiger partial charge in [0, 0.05) is 18.0 Å². The molecule has 0 radical (unpaired) electrons. The van der Waals surface area contributed by atoms with Crippen LogP contribution in [0.5, 0.6) is 0 Å². The molecular formula is C29H33N3O. The fourth-order valence-electron chi connectivity index (χ4n) is 5.88. The fourth-order valence-corrected chi connectivity index (χ4v) is 5.88. The predicted octanol–water partition coefficient (Wildman–Crippen LogP) is 5.50. The molecule has 5 rings (SSSR count). The standard InChI is InChI=1S/C29H33N3O/c1-5-21-10-7-12-23(16-21)27(24-13-8-11-22(6-2)17-24)29-25-14-9-15-31(25)20(4)28-19(3)26(33)18-30-32(28)29/h7-8,10-13,16-18,25,27,29H,4-6,9,14-15H2,1-3H3. The molecule has 3 aromatic rings. The van der Waals surface area contributed by atoms with Gasteiger partial charge in [0.25, 0.3) is 0 Å². The molecule has 4 nitrogen and oxygen atoms in total. The van der Waals surface area contributed by atoms with Crippen LogP contribution in [0.15, 0.2) is 66.1 Å². The van der Waals surface area contributed by atoms with Gasteiger partial charge in [-0.05, 0) is 54.9 Å². The molecule has 2 aliphatic heterocycles.